The summed E-state index contributed by atoms with van der Waals surface area (Å²) in [5, 5.41) is 0. The van der Waals surface area contributed by atoms with E-state index in [-0.39, 0.29) is 5.78 Å². The summed E-state index contributed by atoms with van der Waals surface area (Å²) in [6.45, 7) is 5.29. The van der Waals surface area contributed by atoms with Crippen LogP contribution in [0.1, 0.15) is 15.9 Å². The summed E-state index contributed by atoms with van der Waals surface area (Å²) in [6, 6.07) is 8.33. The maximum atomic E-state index is 11.1. The second-order valence-electron chi connectivity index (χ2n) is 2.30. The van der Waals surface area contributed by atoms with Crippen LogP contribution < -0.4 is 0 Å². The molecule has 0 amide bonds. The molecule has 1 nitrogen and oxygen atoms in total. The third-order valence-electron chi connectivity index (χ3n) is 1.50. The molecule has 0 spiro atoms. The van der Waals surface area contributed by atoms with E-state index in [0.29, 0.717) is 5.56 Å². The SMILES string of the molecule is C=CC(=O)c1[c]cccc1C. The second-order valence-corrected chi connectivity index (χ2v) is 2.30. The van der Waals surface area contributed by atoms with Crippen LogP contribution in [0.3, 0.4) is 0 Å². The van der Waals surface area contributed by atoms with Crippen LogP contribution in [0, 0.1) is 13.0 Å². The zero-order valence-electron chi connectivity index (χ0n) is 6.42. The summed E-state index contributed by atoms with van der Waals surface area (Å²) in [5.41, 5.74) is 1.56. The average molecular weight is 145 g/mol. The Morgan fingerprint density at radius 2 is 2.45 bits per heavy atom. The Labute approximate surface area is 66.4 Å². The van der Waals surface area contributed by atoms with Crippen molar-refractivity contribution >= 4 is 5.78 Å². The lowest BCUT2D eigenvalue weighted by Gasteiger charge is -1.97. The van der Waals surface area contributed by atoms with E-state index in [9.17, 15) is 4.79 Å². The lowest BCUT2D eigenvalue weighted by Crippen LogP contribution is -1.96. The number of aryl methyl sites for hydroxylation is 1. The van der Waals surface area contributed by atoms with Gasteiger partial charge in [0.05, 0.1) is 0 Å². The highest BCUT2D eigenvalue weighted by Gasteiger charge is 2.02. The molecule has 1 aromatic carbocycles. The Kier molecular flexibility index (Phi) is 2.21. The minimum atomic E-state index is -0.0666. The first-order valence-electron chi connectivity index (χ1n) is 3.40. The largest absolute Gasteiger partial charge is 0.289 e. The molecule has 0 aliphatic heterocycles. The topological polar surface area (TPSA) is 17.1 Å². The predicted octanol–water partition coefficient (Wildman–Crippen LogP) is 2.16. The Morgan fingerprint density at radius 3 is 3.00 bits per heavy atom. The molecule has 1 radical (unpaired) electrons. The lowest BCUT2D eigenvalue weighted by molar-refractivity contribution is 0.104. The predicted molar refractivity (Wildman–Crippen MR) is 44.5 cm³/mol. The first-order chi connectivity index (χ1) is 5.25. The fourth-order valence-corrected chi connectivity index (χ4v) is 0.889. The number of hydrogen-bond acceptors (Lipinski definition) is 1. The Balaban J connectivity index is 3.13. The van der Waals surface area contributed by atoms with Gasteiger partial charge >= 0.3 is 0 Å². The molecule has 0 aliphatic rings. The molecular formula is C10H9O. The van der Waals surface area contributed by atoms with Gasteiger partial charge in [0.1, 0.15) is 0 Å². The molecule has 1 aromatic rings. The van der Waals surface area contributed by atoms with E-state index in [1.165, 1.54) is 6.08 Å². The van der Waals surface area contributed by atoms with E-state index in [0.717, 1.165) is 5.56 Å². The minimum Gasteiger partial charge on any atom is -0.289 e. The zero-order chi connectivity index (χ0) is 8.27. The summed E-state index contributed by atoms with van der Waals surface area (Å²) in [7, 11) is 0. The van der Waals surface area contributed by atoms with Gasteiger partial charge in [-0.25, -0.2) is 0 Å². The highest BCUT2D eigenvalue weighted by molar-refractivity contribution is 6.04. The fraction of sp³-hybridized carbons (Fsp3) is 0.100. The Bertz CT molecular complexity index is 287. The fourth-order valence-electron chi connectivity index (χ4n) is 0.889. The van der Waals surface area contributed by atoms with E-state index < -0.39 is 0 Å². The van der Waals surface area contributed by atoms with E-state index in [4.69, 9.17) is 0 Å². The van der Waals surface area contributed by atoms with Gasteiger partial charge in [0, 0.05) is 5.56 Å². The van der Waals surface area contributed by atoms with Gasteiger partial charge in [0.15, 0.2) is 5.78 Å². The van der Waals surface area contributed by atoms with Crippen molar-refractivity contribution in [3.05, 3.63) is 48.0 Å². The molecule has 0 N–H and O–H groups in total. The zero-order valence-corrected chi connectivity index (χ0v) is 6.42. The van der Waals surface area contributed by atoms with Crippen molar-refractivity contribution in [2.45, 2.75) is 6.92 Å². The smallest absolute Gasteiger partial charge is 0.186 e. The van der Waals surface area contributed by atoms with Gasteiger partial charge in [-0.05, 0) is 24.6 Å². The summed E-state index contributed by atoms with van der Waals surface area (Å²) >= 11 is 0. The van der Waals surface area contributed by atoms with E-state index in [2.05, 4.69) is 12.6 Å². The van der Waals surface area contributed by atoms with Crippen LogP contribution in [0.4, 0.5) is 0 Å². The molecule has 0 saturated carbocycles. The number of benzene rings is 1. The van der Waals surface area contributed by atoms with E-state index in [1.807, 2.05) is 19.1 Å². The van der Waals surface area contributed by atoms with E-state index >= 15 is 0 Å². The molecule has 55 valence electrons. The van der Waals surface area contributed by atoms with Crippen molar-refractivity contribution in [1.82, 2.24) is 0 Å². The number of ketones is 1. The highest BCUT2D eigenvalue weighted by Crippen LogP contribution is 2.06. The summed E-state index contributed by atoms with van der Waals surface area (Å²) in [5.74, 6) is -0.0666. The molecule has 0 unspecified atom stereocenters. The van der Waals surface area contributed by atoms with Crippen LogP contribution in [0.25, 0.3) is 0 Å². The number of hydrogen-bond donors (Lipinski definition) is 0. The monoisotopic (exact) mass is 145 g/mol. The molecule has 0 atom stereocenters. The van der Waals surface area contributed by atoms with Crippen LogP contribution >= 0.6 is 0 Å². The molecule has 0 aromatic heterocycles. The van der Waals surface area contributed by atoms with Crippen LogP contribution in [0.2, 0.25) is 0 Å². The second kappa shape index (κ2) is 3.15. The molecule has 0 heterocycles. The van der Waals surface area contributed by atoms with Crippen molar-refractivity contribution in [2.75, 3.05) is 0 Å². The molecule has 0 aliphatic carbocycles. The van der Waals surface area contributed by atoms with Crippen molar-refractivity contribution in [3.63, 3.8) is 0 Å². The van der Waals surface area contributed by atoms with Crippen molar-refractivity contribution in [3.8, 4) is 0 Å². The average Bonchev–Trinajstić information content (AvgIpc) is 2.04. The molecule has 0 bridgehead atoms. The van der Waals surface area contributed by atoms with Crippen LogP contribution in [0.15, 0.2) is 30.9 Å². The van der Waals surface area contributed by atoms with Crippen molar-refractivity contribution < 1.29 is 4.79 Å². The van der Waals surface area contributed by atoms with Gasteiger partial charge < -0.3 is 0 Å². The van der Waals surface area contributed by atoms with Crippen molar-refractivity contribution in [2.24, 2.45) is 0 Å². The van der Waals surface area contributed by atoms with E-state index in [1.54, 1.807) is 6.07 Å². The summed E-state index contributed by atoms with van der Waals surface area (Å²) in [4.78, 5) is 11.1. The van der Waals surface area contributed by atoms with Gasteiger partial charge in [-0.3, -0.25) is 4.79 Å². The normalized spacial score (nSPS) is 9.18. The maximum Gasteiger partial charge on any atom is 0.186 e. The molecule has 0 fully saturated rings. The third kappa shape index (κ3) is 1.55. The number of carbonyl (C=O) groups is 1. The number of allylic oxidation sites excluding steroid dienone is 1. The lowest BCUT2D eigenvalue weighted by atomic mass is 10.1. The van der Waals surface area contributed by atoms with Crippen LogP contribution in [-0.2, 0) is 0 Å². The molecule has 0 saturated heterocycles. The molecular weight excluding hydrogens is 136 g/mol. The standard InChI is InChI=1S/C10H9O/c1-3-10(11)9-7-5-4-6-8(9)2/h3-6H,1H2,2H3. The van der Waals surface area contributed by atoms with Gasteiger partial charge in [0.25, 0.3) is 0 Å². The van der Waals surface area contributed by atoms with Gasteiger partial charge in [-0.1, -0.05) is 24.8 Å². The highest BCUT2D eigenvalue weighted by atomic mass is 16.1. The maximum absolute atomic E-state index is 11.1. The number of carbonyl (C=O) groups excluding carboxylic acids is 1. The molecule has 1 rings (SSSR count). The first kappa shape index (κ1) is 7.73. The van der Waals surface area contributed by atoms with Gasteiger partial charge in [-0.15, -0.1) is 0 Å². The van der Waals surface area contributed by atoms with Gasteiger partial charge in [0.2, 0.25) is 0 Å². The Morgan fingerprint density at radius 1 is 1.73 bits per heavy atom. The van der Waals surface area contributed by atoms with Crippen LogP contribution in [-0.4, -0.2) is 5.78 Å². The third-order valence-corrected chi connectivity index (χ3v) is 1.50. The van der Waals surface area contributed by atoms with Crippen LogP contribution in [0.5, 0.6) is 0 Å². The summed E-state index contributed by atoms with van der Waals surface area (Å²) < 4.78 is 0. The number of rotatable bonds is 2. The molecule has 1 heteroatoms. The first-order valence-corrected chi connectivity index (χ1v) is 3.40. The Hall–Kier alpha value is -1.37. The minimum absolute atomic E-state index is 0.0666. The van der Waals surface area contributed by atoms with Gasteiger partial charge in [-0.2, -0.15) is 0 Å². The van der Waals surface area contributed by atoms with Crippen molar-refractivity contribution in [1.29, 1.82) is 0 Å². The summed E-state index contributed by atoms with van der Waals surface area (Å²) in [6.07, 6.45) is 1.30. The quantitative estimate of drug-likeness (QED) is 0.460. The molecule has 11 heavy (non-hydrogen) atoms.